The molecule has 2 rings (SSSR count). The molecule has 0 N–H and O–H groups in total. The summed E-state index contributed by atoms with van der Waals surface area (Å²) in [5.41, 5.74) is 2.26. The fraction of sp³-hybridized carbons (Fsp3) is 0.333. The maximum Gasteiger partial charge on any atom is 0.252 e. The lowest BCUT2D eigenvalue weighted by molar-refractivity contribution is 0.468. The van der Waals surface area contributed by atoms with E-state index >= 15 is 0 Å². The van der Waals surface area contributed by atoms with Crippen molar-refractivity contribution in [3.8, 4) is 0 Å². The molecule has 1 heterocycles. The van der Waals surface area contributed by atoms with Gasteiger partial charge in [0.05, 0.1) is 0 Å². The lowest BCUT2D eigenvalue weighted by Crippen LogP contribution is -2.25. The Morgan fingerprint density at radius 1 is 1.15 bits per heavy atom. The van der Waals surface area contributed by atoms with Crippen LogP contribution in [-0.2, 0) is 16.6 Å². The molecule has 108 valence electrons. The van der Waals surface area contributed by atoms with Crippen molar-refractivity contribution in [2.45, 2.75) is 30.5 Å². The maximum atomic E-state index is 12.3. The lowest BCUT2D eigenvalue weighted by atomic mass is 10.0. The van der Waals surface area contributed by atoms with Crippen molar-refractivity contribution >= 4 is 21.4 Å². The average Bonchev–Trinajstić information content (AvgIpc) is 2.93. The average molecular weight is 309 g/mol. The molecule has 0 aliphatic heterocycles. The predicted molar refractivity (Wildman–Crippen MR) is 83.5 cm³/mol. The quantitative estimate of drug-likeness (QED) is 0.844. The molecule has 0 aliphatic rings. The van der Waals surface area contributed by atoms with Crippen LogP contribution < -0.4 is 0 Å². The number of nitrogens with zero attached hydrogens (tertiary/aromatic N) is 1. The number of sulfonamides is 1. The van der Waals surface area contributed by atoms with Crippen LogP contribution in [0.5, 0.6) is 0 Å². The van der Waals surface area contributed by atoms with E-state index in [-0.39, 0.29) is 0 Å². The van der Waals surface area contributed by atoms with Crippen LogP contribution in [0.25, 0.3) is 0 Å². The lowest BCUT2D eigenvalue weighted by Gasteiger charge is -2.16. The Hall–Kier alpha value is -1.17. The van der Waals surface area contributed by atoms with Crippen LogP contribution >= 0.6 is 11.3 Å². The number of hydrogen-bond donors (Lipinski definition) is 0. The Morgan fingerprint density at radius 2 is 1.80 bits per heavy atom. The number of thiophene rings is 1. The van der Waals surface area contributed by atoms with Crippen LogP contribution in [0.1, 0.15) is 30.9 Å². The molecule has 0 bridgehead atoms. The van der Waals surface area contributed by atoms with Crippen LogP contribution in [0.15, 0.2) is 46.0 Å². The largest absolute Gasteiger partial charge is 0.252 e. The highest BCUT2D eigenvalue weighted by Gasteiger charge is 2.21. The molecule has 20 heavy (non-hydrogen) atoms. The minimum atomic E-state index is -3.37. The van der Waals surface area contributed by atoms with Gasteiger partial charge in [0.25, 0.3) is 10.0 Å². The van der Waals surface area contributed by atoms with Gasteiger partial charge in [0.15, 0.2) is 0 Å². The molecule has 5 heteroatoms. The first kappa shape index (κ1) is 15.2. The zero-order valence-corrected chi connectivity index (χ0v) is 13.5. The monoisotopic (exact) mass is 309 g/mol. The van der Waals surface area contributed by atoms with Crippen molar-refractivity contribution in [1.82, 2.24) is 4.31 Å². The second kappa shape index (κ2) is 6.08. The highest BCUT2D eigenvalue weighted by molar-refractivity contribution is 7.91. The zero-order chi connectivity index (χ0) is 14.8. The fourth-order valence-corrected chi connectivity index (χ4v) is 4.27. The Kier molecular flexibility index (Phi) is 4.62. The summed E-state index contributed by atoms with van der Waals surface area (Å²) in [6, 6.07) is 11.5. The second-order valence-electron chi connectivity index (χ2n) is 5.09. The molecule has 3 nitrogen and oxygen atoms in total. The second-order valence-corrected chi connectivity index (χ2v) is 8.31. The van der Waals surface area contributed by atoms with E-state index in [9.17, 15) is 8.42 Å². The summed E-state index contributed by atoms with van der Waals surface area (Å²) < 4.78 is 26.4. The Balaban J connectivity index is 2.14. The molecule has 0 aliphatic carbocycles. The summed E-state index contributed by atoms with van der Waals surface area (Å²) in [6.45, 7) is 4.67. The van der Waals surface area contributed by atoms with Gasteiger partial charge in [0.1, 0.15) is 4.21 Å². The molecular formula is C15H19NO2S2. The van der Waals surface area contributed by atoms with Crippen molar-refractivity contribution in [1.29, 1.82) is 0 Å². The highest BCUT2D eigenvalue weighted by atomic mass is 32.2. The molecule has 0 unspecified atom stereocenters. The van der Waals surface area contributed by atoms with Gasteiger partial charge in [-0.1, -0.05) is 44.2 Å². The topological polar surface area (TPSA) is 37.4 Å². The van der Waals surface area contributed by atoms with Crippen LogP contribution in [0.4, 0.5) is 0 Å². The van der Waals surface area contributed by atoms with E-state index in [1.54, 1.807) is 24.6 Å². The van der Waals surface area contributed by atoms with E-state index in [1.807, 2.05) is 12.1 Å². The summed E-state index contributed by atoms with van der Waals surface area (Å²) in [6.07, 6.45) is 0. The van der Waals surface area contributed by atoms with Crippen LogP contribution in [-0.4, -0.2) is 19.8 Å². The van der Waals surface area contributed by atoms with Gasteiger partial charge in [-0.05, 0) is 28.5 Å². The molecular weight excluding hydrogens is 290 g/mol. The molecule has 1 aromatic carbocycles. The summed E-state index contributed by atoms with van der Waals surface area (Å²) in [4.78, 5) is 0. The third kappa shape index (κ3) is 3.29. The van der Waals surface area contributed by atoms with E-state index in [4.69, 9.17) is 0 Å². The Bertz CT molecular complexity index is 644. The van der Waals surface area contributed by atoms with Gasteiger partial charge >= 0.3 is 0 Å². The standard InChI is InChI=1S/C15H19NO2S2/c1-12(2)14-8-6-13(7-9-14)11-16(3)20(17,18)15-5-4-10-19-15/h4-10,12H,11H2,1-3H3. The third-order valence-corrected chi connectivity index (χ3v) is 6.39. The molecule has 0 amide bonds. The molecule has 0 radical (unpaired) electrons. The van der Waals surface area contributed by atoms with Gasteiger partial charge in [-0.3, -0.25) is 0 Å². The van der Waals surface area contributed by atoms with E-state index in [2.05, 4.69) is 26.0 Å². The molecule has 0 atom stereocenters. The van der Waals surface area contributed by atoms with Gasteiger partial charge in [-0.15, -0.1) is 11.3 Å². The van der Waals surface area contributed by atoms with Crippen LogP contribution in [0, 0.1) is 0 Å². The van der Waals surface area contributed by atoms with Crippen LogP contribution in [0.3, 0.4) is 0 Å². The zero-order valence-electron chi connectivity index (χ0n) is 11.9. The van der Waals surface area contributed by atoms with E-state index in [0.29, 0.717) is 16.7 Å². The number of hydrogen-bond acceptors (Lipinski definition) is 3. The first-order chi connectivity index (χ1) is 9.41. The molecule has 1 aromatic heterocycles. The van der Waals surface area contributed by atoms with E-state index < -0.39 is 10.0 Å². The van der Waals surface area contributed by atoms with Gasteiger partial charge < -0.3 is 0 Å². The molecule has 2 aromatic rings. The Morgan fingerprint density at radius 3 is 2.30 bits per heavy atom. The van der Waals surface area contributed by atoms with Gasteiger partial charge in [-0.2, -0.15) is 4.31 Å². The molecule has 0 fully saturated rings. The van der Waals surface area contributed by atoms with Crippen LogP contribution in [0.2, 0.25) is 0 Å². The summed E-state index contributed by atoms with van der Waals surface area (Å²) in [5, 5.41) is 1.78. The predicted octanol–water partition coefficient (Wildman–Crippen LogP) is 3.69. The molecule has 0 saturated carbocycles. The van der Waals surface area contributed by atoms with Crippen molar-refractivity contribution < 1.29 is 8.42 Å². The smallest absolute Gasteiger partial charge is 0.206 e. The van der Waals surface area contributed by atoms with Gasteiger partial charge in [0, 0.05) is 13.6 Å². The minimum Gasteiger partial charge on any atom is -0.206 e. The minimum absolute atomic E-state index is 0.388. The number of rotatable bonds is 5. The number of benzene rings is 1. The summed E-state index contributed by atoms with van der Waals surface area (Å²) in [5.74, 6) is 0.483. The van der Waals surface area contributed by atoms with E-state index in [0.717, 1.165) is 5.56 Å². The third-order valence-electron chi connectivity index (χ3n) is 3.21. The Labute approximate surface area is 124 Å². The first-order valence-corrected chi connectivity index (χ1v) is 8.82. The van der Waals surface area contributed by atoms with E-state index in [1.165, 1.54) is 21.2 Å². The van der Waals surface area contributed by atoms with Gasteiger partial charge in [0.2, 0.25) is 0 Å². The maximum absolute atomic E-state index is 12.3. The van der Waals surface area contributed by atoms with Gasteiger partial charge in [-0.25, -0.2) is 8.42 Å². The van der Waals surface area contributed by atoms with Crippen molar-refractivity contribution in [2.75, 3.05) is 7.05 Å². The molecule has 0 spiro atoms. The summed E-state index contributed by atoms with van der Waals surface area (Å²) >= 11 is 1.25. The first-order valence-electron chi connectivity index (χ1n) is 6.50. The van der Waals surface area contributed by atoms with Crippen molar-refractivity contribution in [2.24, 2.45) is 0 Å². The fourth-order valence-electron chi connectivity index (χ4n) is 1.91. The summed E-state index contributed by atoms with van der Waals surface area (Å²) in [7, 11) is -1.75. The normalized spacial score (nSPS) is 12.2. The highest BCUT2D eigenvalue weighted by Crippen LogP contribution is 2.22. The molecule has 0 saturated heterocycles. The van der Waals surface area contributed by atoms with Crippen molar-refractivity contribution in [3.05, 3.63) is 52.9 Å². The van der Waals surface area contributed by atoms with Crippen molar-refractivity contribution in [3.63, 3.8) is 0 Å². The SMILES string of the molecule is CC(C)c1ccc(CN(C)S(=O)(=O)c2cccs2)cc1.